The molecule has 2 saturated heterocycles. The molecule has 0 atom stereocenters. The molecule has 23 heavy (non-hydrogen) atoms. The molecule has 4 N–H and O–H groups in total. The molecule has 0 amide bonds. The van der Waals surface area contributed by atoms with E-state index in [4.69, 9.17) is 16.2 Å². The molecule has 2 rings (SSSR count). The first-order valence-electron chi connectivity index (χ1n) is 8.09. The fourth-order valence-corrected chi connectivity index (χ4v) is 2.27. The van der Waals surface area contributed by atoms with Crippen LogP contribution in [0.1, 0.15) is 6.92 Å². The third kappa shape index (κ3) is 8.59. The first-order chi connectivity index (χ1) is 11.0. The molecule has 2 aliphatic heterocycles. The fourth-order valence-electron chi connectivity index (χ4n) is 2.27. The minimum Gasteiger partial charge on any atom is -0.402 e. The highest BCUT2D eigenvalue weighted by Crippen LogP contribution is 2.05. The monoisotopic (exact) mass is 325 g/mol. The van der Waals surface area contributed by atoms with Crippen molar-refractivity contribution in [1.82, 2.24) is 14.7 Å². The predicted octanol–water partition coefficient (Wildman–Crippen LogP) is -0.586. The van der Waals surface area contributed by atoms with E-state index in [1.54, 1.807) is 6.08 Å². The van der Waals surface area contributed by atoms with Crippen LogP contribution in [-0.2, 0) is 9.53 Å². The van der Waals surface area contributed by atoms with Crippen LogP contribution in [0.3, 0.4) is 0 Å². The summed E-state index contributed by atoms with van der Waals surface area (Å²) < 4.78 is 5.10. The summed E-state index contributed by atoms with van der Waals surface area (Å²) in [5.74, 6) is 0.732. The second-order valence-electron chi connectivity index (χ2n) is 5.87. The van der Waals surface area contributed by atoms with Crippen molar-refractivity contribution in [2.24, 2.45) is 11.5 Å². The Balaban J connectivity index is 0.000000313. The van der Waals surface area contributed by atoms with Gasteiger partial charge in [0.25, 0.3) is 0 Å². The highest BCUT2D eigenvalue weighted by Gasteiger charge is 2.16. The zero-order chi connectivity index (χ0) is 17.1. The molecule has 0 saturated carbocycles. The number of likely N-dealkylation sites (N-methyl/N-ethyl adjacent to an activating group) is 1. The van der Waals surface area contributed by atoms with E-state index >= 15 is 0 Å². The molecule has 132 valence electrons. The number of ether oxygens (including phenoxy) is 1. The number of carbonyl (C=O) groups is 1. The minimum atomic E-state index is 0.513. The molecule has 0 spiro atoms. The van der Waals surface area contributed by atoms with Crippen LogP contribution in [0.5, 0.6) is 0 Å². The number of morpholine rings is 1. The Labute approximate surface area is 139 Å². The standard InChI is InChI=1S/C11H20N4O.C5H11NO/c1-10(12)2-3-11(13)15-6-4-14(5-7-15)8-9-16;1-6-2-4-7-5-3-6/h2-3,9H,4-8,12-13H2,1H3;2-5H2,1H3/b10-2-,11-3+;. The summed E-state index contributed by atoms with van der Waals surface area (Å²) in [5.41, 5.74) is 12.2. The maximum Gasteiger partial charge on any atom is 0.133 e. The van der Waals surface area contributed by atoms with Crippen LogP contribution in [0.15, 0.2) is 23.7 Å². The van der Waals surface area contributed by atoms with Crippen molar-refractivity contribution in [3.8, 4) is 0 Å². The van der Waals surface area contributed by atoms with Crippen LogP contribution < -0.4 is 11.5 Å². The fraction of sp³-hybridized carbons (Fsp3) is 0.688. The second kappa shape index (κ2) is 11.0. The number of nitrogens with zero attached hydrogens (tertiary/aromatic N) is 3. The van der Waals surface area contributed by atoms with Crippen molar-refractivity contribution < 1.29 is 9.53 Å². The molecule has 0 unspecified atom stereocenters. The molecule has 2 fully saturated rings. The summed E-state index contributed by atoms with van der Waals surface area (Å²) in [4.78, 5) is 16.8. The van der Waals surface area contributed by atoms with Gasteiger partial charge in [-0.1, -0.05) is 0 Å². The molecule has 0 aromatic carbocycles. The second-order valence-corrected chi connectivity index (χ2v) is 5.87. The SMILES string of the molecule is C/C(N)=C/C=C(\N)N1CCN(CC=O)CC1.CN1CCOCC1. The van der Waals surface area contributed by atoms with Gasteiger partial charge in [-0.2, -0.15) is 0 Å². The van der Waals surface area contributed by atoms with Crippen LogP contribution in [0.4, 0.5) is 0 Å². The lowest BCUT2D eigenvalue weighted by molar-refractivity contribution is -0.109. The third-order valence-corrected chi connectivity index (χ3v) is 3.82. The summed E-state index contributed by atoms with van der Waals surface area (Å²) in [7, 11) is 2.11. The Morgan fingerprint density at radius 2 is 1.65 bits per heavy atom. The van der Waals surface area contributed by atoms with Gasteiger partial charge in [0.2, 0.25) is 0 Å². The van der Waals surface area contributed by atoms with E-state index in [2.05, 4.69) is 21.7 Å². The summed E-state index contributed by atoms with van der Waals surface area (Å²) in [6.07, 6.45) is 4.56. The number of allylic oxidation sites excluding steroid dienone is 3. The van der Waals surface area contributed by atoms with Gasteiger partial charge in [0.1, 0.15) is 6.29 Å². The van der Waals surface area contributed by atoms with Crippen LogP contribution in [0, 0.1) is 0 Å². The van der Waals surface area contributed by atoms with Crippen molar-refractivity contribution in [3.05, 3.63) is 23.7 Å². The number of hydrogen-bond donors (Lipinski definition) is 2. The Morgan fingerprint density at radius 3 is 2.09 bits per heavy atom. The minimum absolute atomic E-state index is 0.513. The largest absolute Gasteiger partial charge is 0.402 e. The average Bonchev–Trinajstić information content (AvgIpc) is 2.55. The van der Waals surface area contributed by atoms with E-state index in [1.807, 2.05) is 13.0 Å². The highest BCUT2D eigenvalue weighted by molar-refractivity contribution is 5.51. The Bertz CT molecular complexity index is 393. The van der Waals surface area contributed by atoms with Crippen LogP contribution in [0.25, 0.3) is 0 Å². The van der Waals surface area contributed by atoms with Crippen molar-refractivity contribution in [3.63, 3.8) is 0 Å². The Morgan fingerprint density at radius 1 is 1.04 bits per heavy atom. The molecular formula is C16H31N5O2. The van der Waals surface area contributed by atoms with Gasteiger partial charge < -0.3 is 30.8 Å². The molecule has 0 aromatic rings. The van der Waals surface area contributed by atoms with E-state index < -0.39 is 0 Å². The van der Waals surface area contributed by atoms with Gasteiger partial charge in [-0.05, 0) is 26.1 Å². The number of piperazine rings is 1. The first kappa shape index (κ1) is 19.5. The lowest BCUT2D eigenvalue weighted by Gasteiger charge is -2.35. The number of carbonyl (C=O) groups excluding carboxylic acids is 1. The van der Waals surface area contributed by atoms with Crippen LogP contribution in [0.2, 0.25) is 0 Å². The topological polar surface area (TPSA) is 88.1 Å². The van der Waals surface area contributed by atoms with E-state index in [0.717, 1.165) is 70.3 Å². The summed E-state index contributed by atoms with van der Waals surface area (Å²) in [5, 5.41) is 0. The zero-order valence-electron chi connectivity index (χ0n) is 14.4. The highest BCUT2D eigenvalue weighted by atomic mass is 16.5. The van der Waals surface area contributed by atoms with Gasteiger partial charge in [0, 0.05) is 45.0 Å². The summed E-state index contributed by atoms with van der Waals surface area (Å²) >= 11 is 0. The summed E-state index contributed by atoms with van der Waals surface area (Å²) in [6, 6.07) is 0. The number of aldehydes is 1. The molecule has 0 bridgehead atoms. The number of nitrogens with two attached hydrogens (primary N) is 2. The molecular weight excluding hydrogens is 294 g/mol. The van der Waals surface area contributed by atoms with E-state index in [1.165, 1.54) is 0 Å². The van der Waals surface area contributed by atoms with Gasteiger partial charge in [0.05, 0.1) is 25.6 Å². The predicted molar refractivity (Wildman–Crippen MR) is 92.6 cm³/mol. The van der Waals surface area contributed by atoms with Crippen molar-refractivity contribution >= 4 is 6.29 Å². The summed E-state index contributed by atoms with van der Waals surface area (Å²) in [6.45, 7) is 9.82. The quantitative estimate of drug-likeness (QED) is 0.528. The van der Waals surface area contributed by atoms with Gasteiger partial charge in [-0.15, -0.1) is 0 Å². The normalized spacial score (nSPS) is 21.6. The van der Waals surface area contributed by atoms with Crippen molar-refractivity contribution in [1.29, 1.82) is 0 Å². The van der Waals surface area contributed by atoms with Crippen LogP contribution in [-0.4, -0.2) is 87.1 Å². The zero-order valence-corrected chi connectivity index (χ0v) is 14.4. The third-order valence-electron chi connectivity index (χ3n) is 3.82. The lowest BCUT2D eigenvalue weighted by atomic mass is 10.3. The molecule has 7 nitrogen and oxygen atoms in total. The smallest absolute Gasteiger partial charge is 0.133 e. The van der Waals surface area contributed by atoms with Gasteiger partial charge in [-0.3, -0.25) is 4.90 Å². The first-order valence-corrected chi connectivity index (χ1v) is 8.09. The molecule has 7 heteroatoms. The van der Waals surface area contributed by atoms with Gasteiger partial charge >= 0.3 is 0 Å². The number of hydrogen-bond acceptors (Lipinski definition) is 7. The molecule has 2 aliphatic rings. The Hall–Kier alpha value is -1.57. The number of rotatable bonds is 4. The average molecular weight is 325 g/mol. The van der Waals surface area contributed by atoms with E-state index in [-0.39, 0.29) is 0 Å². The van der Waals surface area contributed by atoms with Crippen molar-refractivity contribution in [2.75, 3.05) is 66.1 Å². The molecule has 0 aliphatic carbocycles. The van der Waals surface area contributed by atoms with E-state index in [0.29, 0.717) is 6.54 Å². The maximum absolute atomic E-state index is 10.4. The lowest BCUT2D eigenvalue weighted by Crippen LogP contribution is -2.47. The van der Waals surface area contributed by atoms with Crippen LogP contribution >= 0.6 is 0 Å². The molecule has 0 aromatic heterocycles. The Kier molecular flexibility index (Phi) is 9.35. The molecule has 0 radical (unpaired) electrons. The van der Waals surface area contributed by atoms with Gasteiger partial charge in [-0.25, -0.2) is 0 Å². The van der Waals surface area contributed by atoms with Crippen molar-refractivity contribution in [2.45, 2.75) is 6.92 Å². The molecule has 2 heterocycles. The van der Waals surface area contributed by atoms with E-state index in [9.17, 15) is 4.79 Å². The maximum atomic E-state index is 10.4. The van der Waals surface area contributed by atoms with Gasteiger partial charge in [0.15, 0.2) is 0 Å².